The predicted octanol–water partition coefficient (Wildman–Crippen LogP) is 5.02. The summed E-state index contributed by atoms with van der Waals surface area (Å²) in [6.45, 7) is 7.99. The smallest absolute Gasteiger partial charge is 0.126 e. The Bertz CT molecular complexity index is 1320. The second kappa shape index (κ2) is 8.84. The number of pyridine rings is 2. The van der Waals surface area contributed by atoms with Gasteiger partial charge in [0.25, 0.3) is 0 Å². The highest BCUT2D eigenvalue weighted by atomic mass is 19.1. The van der Waals surface area contributed by atoms with Crippen LogP contribution in [0.25, 0.3) is 21.8 Å². The number of hydrogen-bond donors (Lipinski definition) is 0. The van der Waals surface area contributed by atoms with Gasteiger partial charge in [-0.05, 0) is 50.1 Å². The molecular weight excluding hydrogens is 425 g/mol. The third-order valence-corrected chi connectivity index (χ3v) is 7.46. The van der Waals surface area contributed by atoms with Gasteiger partial charge in [-0.3, -0.25) is 14.9 Å². The highest BCUT2D eigenvalue weighted by molar-refractivity contribution is 5.91. The summed E-state index contributed by atoms with van der Waals surface area (Å²) in [5, 5.41) is 2.08. The van der Waals surface area contributed by atoms with Crippen molar-refractivity contribution in [2.75, 3.05) is 49.1 Å². The number of anilines is 2. The molecule has 2 saturated heterocycles. The summed E-state index contributed by atoms with van der Waals surface area (Å²) in [7, 11) is 0. The van der Waals surface area contributed by atoms with E-state index in [1.807, 2.05) is 12.1 Å². The van der Waals surface area contributed by atoms with Crippen molar-refractivity contribution in [3.05, 3.63) is 72.3 Å². The molecular formula is C28H30FN5. The molecule has 2 aromatic carbocycles. The SMILES string of the molecule is Cc1ccc2cccc(N3CCC(N4CCN(c5cc(F)cc6cccnc56)CC4)CC3)c2n1. The minimum atomic E-state index is -0.191. The van der Waals surface area contributed by atoms with Crippen molar-refractivity contribution in [2.24, 2.45) is 0 Å². The highest BCUT2D eigenvalue weighted by Gasteiger charge is 2.29. The van der Waals surface area contributed by atoms with Crippen LogP contribution in [0.2, 0.25) is 0 Å². The number of halogens is 1. The van der Waals surface area contributed by atoms with Gasteiger partial charge in [0.05, 0.1) is 22.4 Å². The predicted molar refractivity (Wildman–Crippen MR) is 137 cm³/mol. The van der Waals surface area contributed by atoms with Crippen LogP contribution in [0.3, 0.4) is 0 Å². The first kappa shape index (κ1) is 21.3. The molecule has 0 unspecified atom stereocenters. The van der Waals surface area contributed by atoms with Gasteiger partial charge in [-0.15, -0.1) is 0 Å². The fourth-order valence-electron chi connectivity index (χ4n) is 5.66. The molecule has 4 aromatic rings. The number of rotatable bonds is 3. The summed E-state index contributed by atoms with van der Waals surface area (Å²) in [4.78, 5) is 16.8. The number of benzene rings is 2. The summed E-state index contributed by atoms with van der Waals surface area (Å²) in [6, 6.07) is 18.4. The van der Waals surface area contributed by atoms with Crippen LogP contribution in [0, 0.1) is 12.7 Å². The average Bonchev–Trinajstić information content (AvgIpc) is 2.88. The van der Waals surface area contributed by atoms with Crippen LogP contribution in [-0.2, 0) is 0 Å². The lowest BCUT2D eigenvalue weighted by Gasteiger charge is -2.44. The number of aromatic nitrogens is 2. The van der Waals surface area contributed by atoms with Gasteiger partial charge in [0.15, 0.2) is 0 Å². The third kappa shape index (κ3) is 3.96. The van der Waals surface area contributed by atoms with Gasteiger partial charge in [-0.1, -0.05) is 24.3 Å². The summed E-state index contributed by atoms with van der Waals surface area (Å²) in [5.41, 5.74) is 5.25. The van der Waals surface area contributed by atoms with Gasteiger partial charge in [-0.2, -0.15) is 0 Å². The Hall–Kier alpha value is -3.25. The first-order chi connectivity index (χ1) is 16.7. The number of fused-ring (bicyclic) bond motifs is 2. The number of hydrogen-bond acceptors (Lipinski definition) is 5. The summed E-state index contributed by atoms with van der Waals surface area (Å²) < 4.78 is 14.2. The minimum absolute atomic E-state index is 0.191. The van der Waals surface area contributed by atoms with Crippen molar-refractivity contribution in [2.45, 2.75) is 25.8 Å². The number of para-hydroxylation sites is 1. The van der Waals surface area contributed by atoms with Gasteiger partial charge in [-0.25, -0.2) is 4.39 Å². The Labute approximate surface area is 199 Å². The van der Waals surface area contributed by atoms with E-state index >= 15 is 0 Å². The number of piperazine rings is 1. The summed E-state index contributed by atoms with van der Waals surface area (Å²) in [6.07, 6.45) is 4.11. The Morgan fingerprint density at radius 2 is 1.53 bits per heavy atom. The summed E-state index contributed by atoms with van der Waals surface area (Å²) >= 11 is 0. The molecule has 0 amide bonds. The molecule has 5 nitrogen and oxygen atoms in total. The Morgan fingerprint density at radius 1 is 0.765 bits per heavy atom. The maximum Gasteiger partial charge on any atom is 0.126 e. The third-order valence-electron chi connectivity index (χ3n) is 7.46. The minimum Gasteiger partial charge on any atom is -0.370 e. The van der Waals surface area contributed by atoms with Crippen LogP contribution in [0.15, 0.2) is 60.8 Å². The fourth-order valence-corrected chi connectivity index (χ4v) is 5.66. The van der Waals surface area contributed by atoms with Crippen LogP contribution < -0.4 is 9.80 Å². The van der Waals surface area contributed by atoms with Gasteiger partial charge in [0.2, 0.25) is 0 Å². The monoisotopic (exact) mass is 455 g/mol. The molecule has 0 saturated carbocycles. The van der Waals surface area contributed by atoms with E-state index in [0.717, 1.165) is 79.9 Å². The van der Waals surface area contributed by atoms with Gasteiger partial charge < -0.3 is 9.80 Å². The molecule has 0 aliphatic carbocycles. The first-order valence-electron chi connectivity index (χ1n) is 12.3. The van der Waals surface area contributed by atoms with Crippen LogP contribution in [0.1, 0.15) is 18.5 Å². The molecule has 2 aliphatic heterocycles. The van der Waals surface area contributed by atoms with Crippen molar-refractivity contribution < 1.29 is 4.39 Å². The molecule has 34 heavy (non-hydrogen) atoms. The zero-order valence-corrected chi connectivity index (χ0v) is 19.6. The standard InChI is InChI=1S/C28H30FN5/c1-20-7-8-21-4-2-6-25(28(21)31-20)33-12-9-24(10-13-33)32-14-16-34(17-15-32)26-19-23(29)18-22-5-3-11-30-27(22)26/h2-8,11,18-19,24H,9-10,12-17H2,1H3. The number of nitrogens with zero attached hydrogens (tertiary/aromatic N) is 5. The molecule has 174 valence electrons. The molecule has 2 aromatic heterocycles. The van der Waals surface area contributed by atoms with E-state index < -0.39 is 0 Å². The highest BCUT2D eigenvalue weighted by Crippen LogP contribution is 2.31. The Morgan fingerprint density at radius 3 is 2.35 bits per heavy atom. The maximum atomic E-state index is 14.2. The molecule has 0 bridgehead atoms. The largest absolute Gasteiger partial charge is 0.370 e. The summed E-state index contributed by atoms with van der Waals surface area (Å²) in [5.74, 6) is -0.191. The molecule has 4 heterocycles. The second-order valence-electron chi connectivity index (χ2n) is 9.54. The van der Waals surface area contributed by atoms with E-state index in [-0.39, 0.29) is 5.82 Å². The zero-order valence-electron chi connectivity index (χ0n) is 19.6. The Balaban J connectivity index is 1.11. The van der Waals surface area contributed by atoms with E-state index in [2.05, 4.69) is 56.9 Å². The van der Waals surface area contributed by atoms with Crippen molar-refractivity contribution >= 4 is 33.2 Å². The van der Waals surface area contributed by atoms with E-state index in [1.54, 1.807) is 18.3 Å². The molecule has 2 aliphatic rings. The quantitative estimate of drug-likeness (QED) is 0.433. The van der Waals surface area contributed by atoms with Crippen molar-refractivity contribution in [1.82, 2.24) is 14.9 Å². The topological polar surface area (TPSA) is 35.5 Å². The van der Waals surface area contributed by atoms with Crippen molar-refractivity contribution in [1.29, 1.82) is 0 Å². The molecule has 0 N–H and O–H groups in total. The Kier molecular flexibility index (Phi) is 5.53. The van der Waals surface area contributed by atoms with Gasteiger partial charge in [0, 0.05) is 68.0 Å². The molecule has 0 radical (unpaired) electrons. The van der Waals surface area contributed by atoms with Crippen molar-refractivity contribution in [3.63, 3.8) is 0 Å². The lowest BCUT2D eigenvalue weighted by atomic mass is 10.0. The normalized spacial score (nSPS) is 18.2. The zero-order chi connectivity index (χ0) is 23.1. The van der Waals surface area contributed by atoms with E-state index in [0.29, 0.717) is 6.04 Å². The fraction of sp³-hybridized carbons (Fsp3) is 0.357. The first-order valence-corrected chi connectivity index (χ1v) is 12.3. The van der Waals surface area contributed by atoms with Crippen molar-refractivity contribution in [3.8, 4) is 0 Å². The second-order valence-corrected chi connectivity index (χ2v) is 9.54. The lowest BCUT2D eigenvalue weighted by Crippen LogP contribution is -2.53. The number of piperidine rings is 1. The molecule has 0 atom stereocenters. The van der Waals surface area contributed by atoms with Crippen LogP contribution >= 0.6 is 0 Å². The van der Waals surface area contributed by atoms with Crippen LogP contribution in [0.4, 0.5) is 15.8 Å². The van der Waals surface area contributed by atoms with Crippen LogP contribution in [0.5, 0.6) is 0 Å². The molecule has 2 fully saturated rings. The number of aryl methyl sites for hydroxylation is 1. The average molecular weight is 456 g/mol. The molecule has 6 rings (SSSR count). The van der Waals surface area contributed by atoms with Gasteiger partial charge >= 0.3 is 0 Å². The lowest BCUT2D eigenvalue weighted by molar-refractivity contribution is 0.160. The maximum absolute atomic E-state index is 14.2. The van der Waals surface area contributed by atoms with E-state index in [4.69, 9.17) is 4.98 Å². The van der Waals surface area contributed by atoms with Gasteiger partial charge in [0.1, 0.15) is 5.82 Å². The van der Waals surface area contributed by atoms with Crippen LogP contribution in [-0.4, -0.2) is 60.2 Å². The molecule has 0 spiro atoms. The van der Waals surface area contributed by atoms with E-state index in [9.17, 15) is 4.39 Å². The van der Waals surface area contributed by atoms with E-state index in [1.165, 1.54) is 11.1 Å². The molecule has 6 heteroatoms.